The van der Waals surface area contributed by atoms with Gasteiger partial charge >= 0.3 is 0 Å². The molecular weight excluding hydrogens is 326 g/mol. The van der Waals surface area contributed by atoms with E-state index >= 15 is 0 Å². The van der Waals surface area contributed by atoms with Gasteiger partial charge in [-0.2, -0.15) is 10.1 Å². The highest BCUT2D eigenvalue weighted by Gasteiger charge is 2.05. The van der Waals surface area contributed by atoms with Crippen molar-refractivity contribution in [3.05, 3.63) is 65.6 Å². The first-order valence-corrected chi connectivity index (χ1v) is 9.04. The molecule has 124 valence electrons. The quantitative estimate of drug-likeness (QED) is 0.659. The minimum atomic E-state index is -3.43. The van der Waals surface area contributed by atoms with Crippen LogP contribution in [0.2, 0.25) is 0 Å². The number of hydrogen-bond acceptors (Lipinski definition) is 5. The number of nitrogens with one attached hydrogen (secondary N) is 1. The second kappa shape index (κ2) is 7.33. The van der Waals surface area contributed by atoms with Crippen molar-refractivity contribution in [1.82, 2.24) is 24.3 Å². The van der Waals surface area contributed by atoms with Crippen LogP contribution in [0.3, 0.4) is 0 Å². The molecule has 1 N–H and O–H groups in total. The zero-order valence-electron chi connectivity index (χ0n) is 12.9. The largest absolute Gasteiger partial charge is 0.252 e. The predicted octanol–water partition coefficient (Wildman–Crippen LogP) is 1.65. The molecule has 2 heterocycles. The van der Waals surface area contributed by atoms with Gasteiger partial charge in [-0.25, -0.2) is 22.6 Å². The second-order valence-electron chi connectivity index (χ2n) is 5.22. The zero-order valence-corrected chi connectivity index (χ0v) is 13.7. The normalized spacial score (nSPS) is 12.2. The van der Waals surface area contributed by atoms with E-state index in [0.29, 0.717) is 25.2 Å². The molecule has 0 atom stereocenters. The molecule has 0 saturated heterocycles. The van der Waals surface area contributed by atoms with E-state index in [1.165, 1.54) is 11.7 Å². The van der Waals surface area contributed by atoms with Crippen molar-refractivity contribution in [1.29, 1.82) is 0 Å². The SMILES string of the molecule is O=S(=O)(/C=C/c1ccccc1)NCCCc1cnc2ncnn2c1. The molecule has 1 aromatic carbocycles. The van der Waals surface area contributed by atoms with E-state index in [1.54, 1.807) is 16.8 Å². The number of nitrogens with zero attached hydrogens (tertiary/aromatic N) is 4. The number of fused-ring (bicyclic) bond motifs is 1. The lowest BCUT2D eigenvalue weighted by molar-refractivity contribution is 0.588. The smallest absolute Gasteiger partial charge is 0.219 e. The Morgan fingerprint density at radius 1 is 1.17 bits per heavy atom. The molecule has 0 amide bonds. The fraction of sp³-hybridized carbons (Fsp3) is 0.188. The molecule has 2 aromatic heterocycles. The molecule has 0 unspecified atom stereocenters. The van der Waals surface area contributed by atoms with E-state index in [0.717, 1.165) is 11.1 Å². The Balaban J connectivity index is 1.49. The van der Waals surface area contributed by atoms with Crippen LogP contribution in [0.1, 0.15) is 17.5 Å². The van der Waals surface area contributed by atoms with Gasteiger partial charge in [0.05, 0.1) is 0 Å². The predicted molar refractivity (Wildman–Crippen MR) is 91.5 cm³/mol. The van der Waals surface area contributed by atoms with Crippen LogP contribution >= 0.6 is 0 Å². The lowest BCUT2D eigenvalue weighted by Crippen LogP contribution is -2.22. The number of benzene rings is 1. The van der Waals surface area contributed by atoms with E-state index in [4.69, 9.17) is 0 Å². The van der Waals surface area contributed by atoms with E-state index < -0.39 is 10.0 Å². The Morgan fingerprint density at radius 3 is 2.83 bits per heavy atom. The average molecular weight is 343 g/mol. The average Bonchev–Trinajstić information content (AvgIpc) is 3.06. The lowest BCUT2D eigenvalue weighted by Gasteiger charge is -2.03. The molecule has 0 aliphatic carbocycles. The Kier molecular flexibility index (Phi) is 4.97. The van der Waals surface area contributed by atoms with Crippen molar-refractivity contribution in [3.63, 3.8) is 0 Å². The first kappa shape index (κ1) is 16.3. The van der Waals surface area contributed by atoms with Gasteiger partial charge in [-0.1, -0.05) is 30.3 Å². The lowest BCUT2D eigenvalue weighted by atomic mass is 10.2. The van der Waals surface area contributed by atoms with Crippen LogP contribution in [0.5, 0.6) is 0 Å². The molecule has 0 spiro atoms. The summed E-state index contributed by atoms with van der Waals surface area (Å²) < 4.78 is 28.0. The summed E-state index contributed by atoms with van der Waals surface area (Å²) in [4.78, 5) is 8.15. The van der Waals surface area contributed by atoms with Crippen LogP contribution in [-0.4, -0.2) is 34.5 Å². The highest BCUT2D eigenvalue weighted by molar-refractivity contribution is 7.92. The summed E-state index contributed by atoms with van der Waals surface area (Å²) in [6, 6.07) is 9.30. The first-order valence-electron chi connectivity index (χ1n) is 7.49. The Labute approximate surface area is 140 Å². The van der Waals surface area contributed by atoms with E-state index in [1.807, 2.05) is 36.5 Å². The van der Waals surface area contributed by atoms with Gasteiger partial charge in [0.1, 0.15) is 6.33 Å². The number of aromatic nitrogens is 4. The van der Waals surface area contributed by atoms with Gasteiger partial charge in [-0.15, -0.1) is 0 Å². The molecule has 24 heavy (non-hydrogen) atoms. The number of sulfonamides is 1. The topological polar surface area (TPSA) is 89.2 Å². The van der Waals surface area contributed by atoms with Crippen molar-refractivity contribution < 1.29 is 8.42 Å². The van der Waals surface area contributed by atoms with Crippen LogP contribution in [0.4, 0.5) is 0 Å². The fourth-order valence-corrected chi connectivity index (χ4v) is 3.04. The summed E-state index contributed by atoms with van der Waals surface area (Å²) in [6.45, 7) is 0.358. The summed E-state index contributed by atoms with van der Waals surface area (Å²) in [5.74, 6) is 0.547. The van der Waals surface area contributed by atoms with Crippen LogP contribution in [-0.2, 0) is 16.4 Å². The standard InChI is InChI=1S/C16H17N5O2S/c22-24(23,10-8-14-5-2-1-3-6-14)20-9-4-7-15-11-17-16-18-13-19-21(16)12-15/h1-3,5-6,8,10-13,20H,4,7,9H2/b10-8+. The van der Waals surface area contributed by atoms with E-state index in [2.05, 4.69) is 19.8 Å². The van der Waals surface area contributed by atoms with Gasteiger partial charge in [0.25, 0.3) is 5.78 Å². The summed E-state index contributed by atoms with van der Waals surface area (Å²) in [5.41, 5.74) is 1.82. The third-order valence-corrected chi connectivity index (χ3v) is 4.47. The molecule has 0 aliphatic rings. The minimum absolute atomic E-state index is 0.358. The van der Waals surface area contributed by atoms with Crippen molar-refractivity contribution in [2.45, 2.75) is 12.8 Å². The van der Waals surface area contributed by atoms with Crippen molar-refractivity contribution >= 4 is 21.9 Å². The van der Waals surface area contributed by atoms with Crippen molar-refractivity contribution in [3.8, 4) is 0 Å². The third kappa shape index (κ3) is 4.46. The number of hydrogen-bond donors (Lipinski definition) is 1. The Bertz CT molecular complexity index is 935. The highest BCUT2D eigenvalue weighted by atomic mass is 32.2. The summed E-state index contributed by atoms with van der Waals surface area (Å²) in [6.07, 6.45) is 7.96. The highest BCUT2D eigenvalue weighted by Crippen LogP contribution is 2.04. The monoisotopic (exact) mass is 343 g/mol. The zero-order chi connectivity index (χ0) is 16.8. The van der Waals surface area contributed by atoms with Crippen molar-refractivity contribution in [2.24, 2.45) is 0 Å². The number of aryl methyl sites for hydroxylation is 1. The van der Waals surface area contributed by atoms with Gasteiger partial charge in [-0.3, -0.25) is 0 Å². The molecule has 7 nitrogen and oxygen atoms in total. The molecule has 8 heteroatoms. The van der Waals surface area contributed by atoms with Crippen molar-refractivity contribution in [2.75, 3.05) is 6.54 Å². The molecule has 3 aromatic rings. The fourth-order valence-electron chi connectivity index (χ4n) is 2.17. The summed E-state index contributed by atoms with van der Waals surface area (Å²) in [7, 11) is -3.43. The first-order chi connectivity index (χ1) is 11.6. The van der Waals surface area contributed by atoms with Crippen LogP contribution in [0.25, 0.3) is 11.9 Å². The maximum absolute atomic E-state index is 11.9. The summed E-state index contributed by atoms with van der Waals surface area (Å²) >= 11 is 0. The molecule has 0 bridgehead atoms. The molecule has 0 radical (unpaired) electrons. The van der Waals surface area contributed by atoms with Gasteiger partial charge in [-0.05, 0) is 30.0 Å². The Morgan fingerprint density at radius 2 is 2.00 bits per heavy atom. The number of rotatable bonds is 7. The van der Waals surface area contributed by atoms with Crippen LogP contribution < -0.4 is 4.72 Å². The molecule has 0 fully saturated rings. The minimum Gasteiger partial charge on any atom is -0.219 e. The molecule has 0 saturated carbocycles. The second-order valence-corrected chi connectivity index (χ2v) is 6.87. The molecule has 3 rings (SSSR count). The maximum Gasteiger partial charge on any atom is 0.252 e. The molecule has 0 aliphatic heterocycles. The van der Waals surface area contributed by atoms with Gasteiger partial charge in [0, 0.05) is 24.3 Å². The van der Waals surface area contributed by atoms with Gasteiger partial charge < -0.3 is 0 Å². The summed E-state index contributed by atoms with van der Waals surface area (Å²) in [5, 5.41) is 5.21. The van der Waals surface area contributed by atoms with E-state index in [9.17, 15) is 8.42 Å². The Hall–Kier alpha value is -2.58. The third-order valence-electron chi connectivity index (χ3n) is 3.37. The maximum atomic E-state index is 11.9. The van der Waals surface area contributed by atoms with Crippen LogP contribution in [0, 0.1) is 0 Å². The molecular formula is C16H17N5O2S. The van der Waals surface area contributed by atoms with Crippen LogP contribution in [0.15, 0.2) is 54.5 Å². The van der Waals surface area contributed by atoms with E-state index in [-0.39, 0.29) is 0 Å². The van der Waals surface area contributed by atoms with Gasteiger partial charge in [0.15, 0.2) is 0 Å². The van der Waals surface area contributed by atoms with Gasteiger partial charge in [0.2, 0.25) is 10.0 Å².